The third-order valence-electron chi connectivity index (χ3n) is 3.44. The normalized spacial score (nSPS) is 10.1. The molecule has 1 aromatic heterocycles. The first kappa shape index (κ1) is 16.3. The summed E-state index contributed by atoms with van der Waals surface area (Å²) in [4.78, 5) is 32.0. The van der Waals surface area contributed by atoms with Crippen molar-refractivity contribution >= 4 is 23.2 Å². The van der Waals surface area contributed by atoms with Crippen molar-refractivity contribution in [3.63, 3.8) is 0 Å². The van der Waals surface area contributed by atoms with E-state index in [1.807, 2.05) is 30.3 Å². The van der Waals surface area contributed by atoms with E-state index < -0.39 is 0 Å². The molecule has 2 N–H and O–H groups in total. The third kappa shape index (κ3) is 4.06. The highest BCUT2D eigenvalue weighted by Gasteiger charge is 2.14. The molecule has 0 radical (unpaired) electrons. The predicted octanol–water partition coefficient (Wildman–Crippen LogP) is 3.35. The van der Waals surface area contributed by atoms with Gasteiger partial charge in [-0.3, -0.25) is 9.59 Å². The van der Waals surface area contributed by atoms with Crippen LogP contribution in [0.2, 0.25) is 0 Å². The van der Waals surface area contributed by atoms with Crippen LogP contribution < -0.4 is 10.6 Å². The Morgan fingerprint density at radius 3 is 2.36 bits per heavy atom. The summed E-state index contributed by atoms with van der Waals surface area (Å²) in [5.74, 6) is -0.495. The van der Waals surface area contributed by atoms with Gasteiger partial charge in [0.15, 0.2) is 0 Å². The Balaban J connectivity index is 1.87. The van der Waals surface area contributed by atoms with Crippen LogP contribution in [0, 0.1) is 0 Å². The van der Waals surface area contributed by atoms with Gasteiger partial charge in [-0.05, 0) is 18.2 Å². The second-order valence-corrected chi connectivity index (χ2v) is 5.37. The van der Waals surface area contributed by atoms with Crippen LogP contribution in [0.3, 0.4) is 0 Å². The summed E-state index contributed by atoms with van der Waals surface area (Å²) >= 11 is 0. The molecule has 0 saturated carbocycles. The van der Waals surface area contributed by atoms with E-state index in [9.17, 15) is 9.59 Å². The van der Waals surface area contributed by atoms with Crippen molar-refractivity contribution in [2.24, 2.45) is 0 Å². The predicted molar refractivity (Wildman–Crippen MR) is 96.2 cm³/mol. The number of hydrogen-bond acceptors (Lipinski definition) is 4. The smallest absolute Gasteiger partial charge is 0.259 e. The Bertz CT molecular complexity index is 910. The molecule has 124 valence electrons. The van der Waals surface area contributed by atoms with Gasteiger partial charge in [-0.2, -0.15) is 0 Å². The lowest BCUT2D eigenvalue weighted by Crippen LogP contribution is -2.14. The van der Waals surface area contributed by atoms with Crippen LogP contribution in [-0.2, 0) is 4.79 Å². The van der Waals surface area contributed by atoms with Gasteiger partial charge in [0.05, 0.1) is 11.3 Å². The zero-order valence-electron chi connectivity index (χ0n) is 13.6. The van der Waals surface area contributed by atoms with Crippen molar-refractivity contribution in [3.8, 4) is 11.3 Å². The number of nitrogens with one attached hydrogen (secondary N) is 2. The van der Waals surface area contributed by atoms with Crippen LogP contribution in [0.5, 0.6) is 0 Å². The van der Waals surface area contributed by atoms with Crippen molar-refractivity contribution in [3.05, 3.63) is 72.7 Å². The van der Waals surface area contributed by atoms with Crippen molar-refractivity contribution in [2.45, 2.75) is 6.92 Å². The van der Waals surface area contributed by atoms with E-state index in [1.54, 1.807) is 24.3 Å². The highest BCUT2D eigenvalue weighted by Crippen LogP contribution is 2.22. The maximum Gasteiger partial charge on any atom is 0.259 e. The van der Waals surface area contributed by atoms with E-state index in [0.29, 0.717) is 22.6 Å². The highest BCUT2D eigenvalue weighted by molar-refractivity contribution is 6.08. The van der Waals surface area contributed by atoms with Crippen LogP contribution in [0.4, 0.5) is 11.4 Å². The number of carbonyl (C=O) groups is 2. The molecule has 0 spiro atoms. The van der Waals surface area contributed by atoms with Crippen molar-refractivity contribution in [2.75, 3.05) is 10.6 Å². The monoisotopic (exact) mass is 332 g/mol. The molecule has 0 aliphatic heterocycles. The summed E-state index contributed by atoms with van der Waals surface area (Å²) in [5, 5.41) is 5.49. The molecule has 0 aliphatic rings. The minimum absolute atomic E-state index is 0.175. The lowest BCUT2D eigenvalue weighted by molar-refractivity contribution is -0.114. The first-order valence-electron chi connectivity index (χ1n) is 7.68. The van der Waals surface area contributed by atoms with Gasteiger partial charge in [-0.15, -0.1) is 0 Å². The third-order valence-corrected chi connectivity index (χ3v) is 3.44. The van der Waals surface area contributed by atoms with Crippen LogP contribution in [0.15, 0.2) is 67.1 Å². The standard InChI is InChI=1S/C19H16N4O2/c1-13(24)22-15-8-5-9-16(10-15)23-19(25)17-11-20-12-21-18(17)14-6-3-2-4-7-14/h2-12H,1H3,(H,22,24)(H,23,25). The Labute approximate surface area is 145 Å². The molecule has 2 aromatic carbocycles. The van der Waals surface area contributed by atoms with Crippen LogP contribution in [0.25, 0.3) is 11.3 Å². The van der Waals surface area contributed by atoms with Gasteiger partial charge in [-0.25, -0.2) is 9.97 Å². The van der Waals surface area contributed by atoms with Gasteiger partial charge in [0.2, 0.25) is 5.91 Å². The minimum atomic E-state index is -0.320. The van der Waals surface area contributed by atoms with Crippen molar-refractivity contribution in [1.29, 1.82) is 0 Å². The molecule has 0 bridgehead atoms. The number of nitrogens with zero attached hydrogens (tertiary/aromatic N) is 2. The lowest BCUT2D eigenvalue weighted by atomic mass is 10.1. The molecular formula is C19H16N4O2. The van der Waals surface area contributed by atoms with Crippen molar-refractivity contribution in [1.82, 2.24) is 9.97 Å². The molecular weight excluding hydrogens is 316 g/mol. The van der Waals surface area contributed by atoms with Crippen LogP contribution in [0.1, 0.15) is 17.3 Å². The van der Waals surface area contributed by atoms with Crippen LogP contribution in [-0.4, -0.2) is 21.8 Å². The fourth-order valence-electron chi connectivity index (χ4n) is 2.40. The Morgan fingerprint density at radius 2 is 1.64 bits per heavy atom. The summed E-state index contributed by atoms with van der Waals surface area (Å²) in [6.45, 7) is 1.43. The first-order chi connectivity index (χ1) is 12.1. The number of aromatic nitrogens is 2. The van der Waals surface area contributed by atoms with E-state index in [2.05, 4.69) is 20.6 Å². The minimum Gasteiger partial charge on any atom is -0.326 e. The number of benzene rings is 2. The first-order valence-corrected chi connectivity index (χ1v) is 7.68. The Hall–Kier alpha value is -3.54. The fraction of sp³-hybridized carbons (Fsp3) is 0.0526. The topological polar surface area (TPSA) is 84.0 Å². The van der Waals surface area contributed by atoms with Crippen molar-refractivity contribution < 1.29 is 9.59 Å². The number of rotatable bonds is 4. The maximum atomic E-state index is 12.7. The molecule has 0 unspecified atom stereocenters. The summed E-state index contributed by atoms with van der Waals surface area (Å²) in [6, 6.07) is 16.4. The van der Waals surface area contributed by atoms with E-state index >= 15 is 0 Å². The molecule has 0 atom stereocenters. The molecule has 0 fully saturated rings. The molecule has 1 heterocycles. The number of anilines is 2. The summed E-state index contributed by atoms with van der Waals surface area (Å²) < 4.78 is 0. The number of amides is 2. The van der Waals surface area contributed by atoms with E-state index in [4.69, 9.17) is 0 Å². The summed E-state index contributed by atoms with van der Waals surface area (Å²) in [5.41, 5.74) is 2.95. The molecule has 6 heteroatoms. The van der Waals surface area contributed by atoms with Gasteiger partial charge in [0, 0.05) is 30.1 Å². The average Bonchev–Trinajstić information content (AvgIpc) is 2.62. The van der Waals surface area contributed by atoms with E-state index in [1.165, 1.54) is 19.4 Å². The molecule has 2 amide bonds. The maximum absolute atomic E-state index is 12.7. The zero-order chi connectivity index (χ0) is 17.6. The highest BCUT2D eigenvalue weighted by atomic mass is 16.2. The molecule has 3 aromatic rings. The fourth-order valence-corrected chi connectivity index (χ4v) is 2.40. The lowest BCUT2D eigenvalue weighted by Gasteiger charge is -2.10. The number of hydrogen-bond donors (Lipinski definition) is 2. The van der Waals surface area contributed by atoms with Crippen LogP contribution >= 0.6 is 0 Å². The van der Waals surface area contributed by atoms with Gasteiger partial charge in [0.1, 0.15) is 6.33 Å². The Kier molecular flexibility index (Phi) is 4.80. The SMILES string of the molecule is CC(=O)Nc1cccc(NC(=O)c2cncnc2-c2ccccc2)c1. The average molecular weight is 332 g/mol. The second-order valence-electron chi connectivity index (χ2n) is 5.37. The summed E-state index contributed by atoms with van der Waals surface area (Å²) in [6.07, 6.45) is 2.90. The zero-order valence-corrected chi connectivity index (χ0v) is 13.6. The van der Waals surface area contributed by atoms with Gasteiger partial charge in [0.25, 0.3) is 5.91 Å². The number of carbonyl (C=O) groups excluding carboxylic acids is 2. The molecule has 0 saturated heterocycles. The molecule has 25 heavy (non-hydrogen) atoms. The van der Waals surface area contributed by atoms with E-state index in [0.717, 1.165) is 5.56 Å². The quantitative estimate of drug-likeness (QED) is 0.767. The largest absolute Gasteiger partial charge is 0.326 e. The molecule has 3 rings (SSSR count). The van der Waals surface area contributed by atoms with Gasteiger partial charge < -0.3 is 10.6 Å². The Morgan fingerprint density at radius 1 is 0.920 bits per heavy atom. The van der Waals surface area contributed by atoms with Gasteiger partial charge in [-0.1, -0.05) is 36.4 Å². The van der Waals surface area contributed by atoms with E-state index in [-0.39, 0.29) is 11.8 Å². The molecule has 6 nitrogen and oxygen atoms in total. The van der Waals surface area contributed by atoms with Gasteiger partial charge >= 0.3 is 0 Å². The molecule has 0 aliphatic carbocycles. The summed E-state index contributed by atoms with van der Waals surface area (Å²) in [7, 11) is 0. The second kappa shape index (κ2) is 7.35.